The van der Waals surface area contributed by atoms with Gasteiger partial charge in [0.25, 0.3) is 0 Å². The smallest absolute Gasteiger partial charge is 0.125 e. The van der Waals surface area contributed by atoms with Crippen LogP contribution in [0.4, 0.5) is 0 Å². The summed E-state index contributed by atoms with van der Waals surface area (Å²) in [7, 11) is 0. The molecule has 76 heavy (non-hydrogen) atoms. The van der Waals surface area contributed by atoms with Crippen molar-refractivity contribution in [1.29, 1.82) is 0 Å². The van der Waals surface area contributed by atoms with Crippen LogP contribution in [0.5, 0.6) is 23.0 Å². The zero-order valence-electron chi connectivity index (χ0n) is 48.8. The molecule has 0 spiro atoms. The van der Waals surface area contributed by atoms with Gasteiger partial charge >= 0.3 is 0 Å². The first-order valence-electron chi connectivity index (χ1n) is 27.9. The van der Waals surface area contributed by atoms with Crippen LogP contribution in [0.3, 0.4) is 0 Å². The van der Waals surface area contributed by atoms with Gasteiger partial charge in [0.1, 0.15) is 49.4 Å². The highest BCUT2D eigenvalue weighted by Crippen LogP contribution is 2.26. The van der Waals surface area contributed by atoms with E-state index >= 15 is 0 Å². The van der Waals surface area contributed by atoms with Crippen molar-refractivity contribution in [3.8, 4) is 23.0 Å². The number of benzene rings is 4. The average Bonchev–Trinajstić information content (AvgIpc) is 3.38. The number of para-hydroxylation sites is 4. The van der Waals surface area contributed by atoms with E-state index in [2.05, 4.69) is 176 Å². The van der Waals surface area contributed by atoms with Crippen LogP contribution < -0.4 is 29.6 Å². The number of nitrogens with one attached hydrogen (secondary N) is 2. The SMILES string of the molecule is Cc1cccc(C)c1OCC(C)N1CCOCCOCCN(C(C)COc2c(C)cccc2C)CCOCCOCC1.Cc1cccc(C)c1OCC(C)NCCOCCOCCNC(C)COc1c(C)cccc1C. The van der Waals surface area contributed by atoms with Gasteiger partial charge in [-0.15, -0.1) is 0 Å². The highest BCUT2D eigenvalue weighted by molar-refractivity contribution is 5.42. The summed E-state index contributed by atoms with van der Waals surface area (Å²) in [6, 6.07) is 25.9. The Morgan fingerprint density at radius 1 is 0.368 bits per heavy atom. The van der Waals surface area contributed by atoms with E-state index in [0.29, 0.717) is 106 Å². The lowest BCUT2D eigenvalue weighted by atomic mass is 10.1. The zero-order chi connectivity index (χ0) is 54.9. The predicted octanol–water partition coefficient (Wildman–Crippen LogP) is 9.21. The molecule has 4 aromatic rings. The Morgan fingerprint density at radius 2 is 0.618 bits per heavy atom. The Bertz CT molecular complexity index is 1930. The molecule has 0 aliphatic carbocycles. The molecule has 1 fully saturated rings. The van der Waals surface area contributed by atoms with Gasteiger partial charge in [-0.2, -0.15) is 0 Å². The number of hydrogen-bond donors (Lipinski definition) is 2. The van der Waals surface area contributed by atoms with Crippen LogP contribution in [0.1, 0.15) is 72.2 Å². The van der Waals surface area contributed by atoms with Gasteiger partial charge in [0, 0.05) is 63.4 Å². The van der Waals surface area contributed by atoms with Crippen molar-refractivity contribution < 1.29 is 47.4 Å². The maximum absolute atomic E-state index is 6.25. The molecule has 2 N–H and O–H groups in total. The van der Waals surface area contributed by atoms with Crippen LogP contribution >= 0.6 is 0 Å². The van der Waals surface area contributed by atoms with Crippen LogP contribution in [0.15, 0.2) is 72.8 Å². The molecular weight excluding hydrogens is 961 g/mol. The lowest BCUT2D eigenvalue weighted by Crippen LogP contribution is -2.42. The molecule has 1 saturated heterocycles. The summed E-state index contributed by atoms with van der Waals surface area (Å²) in [6.07, 6.45) is 0. The summed E-state index contributed by atoms with van der Waals surface area (Å²) >= 11 is 0. The second-order valence-electron chi connectivity index (χ2n) is 20.3. The summed E-state index contributed by atoms with van der Waals surface area (Å²) < 4.78 is 59.6. The van der Waals surface area contributed by atoms with Crippen LogP contribution in [0.2, 0.25) is 0 Å². The minimum absolute atomic E-state index is 0.223. The molecule has 426 valence electrons. The summed E-state index contributed by atoms with van der Waals surface area (Å²) in [6.45, 7) is 40.0. The van der Waals surface area contributed by atoms with E-state index in [1.54, 1.807) is 0 Å². The van der Waals surface area contributed by atoms with E-state index < -0.39 is 0 Å². The van der Waals surface area contributed by atoms with Crippen molar-refractivity contribution in [3.05, 3.63) is 117 Å². The third-order valence-electron chi connectivity index (χ3n) is 13.5. The standard InChI is InChI=1S/C34H54N2O6.C28H44N2O4/c1-27-9-7-10-28(2)33(27)41-25-31(5)35-13-17-37-21-23-39-19-15-36(16-20-40-24-22-38-18-14-35)32(6)26-42-34-29(3)11-8-12-30(34)4;1-21-9-7-10-22(2)27(21)33-19-25(5)29-13-15-31-17-18-32-16-14-30-26(6)20-34-28-23(3)11-8-12-24(28)4/h7-12,31-32H,13-26H2,1-6H3;7-12,25-26,29-30H,13-20H2,1-6H3. The summed E-state index contributed by atoms with van der Waals surface area (Å²) in [4.78, 5) is 4.75. The minimum atomic E-state index is 0.223. The monoisotopic (exact) mass is 1060 g/mol. The van der Waals surface area contributed by atoms with E-state index in [1.807, 2.05) is 0 Å². The van der Waals surface area contributed by atoms with Gasteiger partial charge in [-0.25, -0.2) is 0 Å². The van der Waals surface area contributed by atoms with Crippen molar-refractivity contribution >= 4 is 0 Å². The van der Waals surface area contributed by atoms with Gasteiger partial charge in [0.2, 0.25) is 0 Å². The van der Waals surface area contributed by atoms with Crippen LogP contribution in [0.25, 0.3) is 0 Å². The molecule has 4 atom stereocenters. The Labute approximate surface area is 458 Å². The summed E-state index contributed by atoms with van der Waals surface area (Å²) in [5, 5.41) is 6.87. The van der Waals surface area contributed by atoms with Crippen LogP contribution in [0, 0.1) is 55.4 Å². The maximum atomic E-state index is 6.25. The summed E-state index contributed by atoms with van der Waals surface area (Å²) in [5.74, 6) is 3.94. The molecule has 5 rings (SSSR count). The van der Waals surface area contributed by atoms with Crippen molar-refractivity contribution in [2.24, 2.45) is 0 Å². The Balaban J connectivity index is 0.000000336. The van der Waals surface area contributed by atoms with E-state index in [0.717, 1.165) is 84.5 Å². The highest BCUT2D eigenvalue weighted by atomic mass is 16.5. The highest BCUT2D eigenvalue weighted by Gasteiger charge is 2.18. The van der Waals surface area contributed by atoms with Crippen LogP contribution in [-0.2, 0) is 28.4 Å². The van der Waals surface area contributed by atoms with Gasteiger partial charge < -0.3 is 58.0 Å². The van der Waals surface area contributed by atoms with E-state index in [-0.39, 0.29) is 24.2 Å². The molecule has 1 heterocycles. The molecule has 14 heteroatoms. The van der Waals surface area contributed by atoms with Crippen LogP contribution in [-0.4, -0.2) is 179 Å². The third-order valence-corrected chi connectivity index (χ3v) is 13.5. The molecule has 4 unspecified atom stereocenters. The van der Waals surface area contributed by atoms with Gasteiger partial charge in [-0.3, -0.25) is 9.80 Å². The number of hydrogen-bond acceptors (Lipinski definition) is 14. The van der Waals surface area contributed by atoms with Gasteiger partial charge in [-0.1, -0.05) is 72.8 Å². The van der Waals surface area contributed by atoms with E-state index in [9.17, 15) is 0 Å². The molecule has 0 aromatic heterocycles. The molecule has 1 aliphatic rings. The molecule has 0 saturated carbocycles. The largest absolute Gasteiger partial charge is 0.491 e. The molecule has 1 aliphatic heterocycles. The minimum Gasteiger partial charge on any atom is -0.491 e. The third kappa shape index (κ3) is 25.0. The Kier molecular flexibility index (Phi) is 31.7. The predicted molar refractivity (Wildman–Crippen MR) is 308 cm³/mol. The second kappa shape index (κ2) is 37.5. The Morgan fingerprint density at radius 3 is 0.882 bits per heavy atom. The molecule has 14 nitrogen and oxygen atoms in total. The van der Waals surface area contributed by atoms with Crippen molar-refractivity contribution in [2.75, 3.05) is 145 Å². The number of ether oxygens (including phenoxy) is 10. The number of rotatable bonds is 25. The first kappa shape index (κ1) is 64.2. The van der Waals surface area contributed by atoms with E-state index in [1.165, 1.54) is 22.3 Å². The normalized spacial score (nSPS) is 16.5. The lowest BCUT2D eigenvalue weighted by Gasteiger charge is -2.30. The fourth-order valence-corrected chi connectivity index (χ4v) is 8.81. The molecule has 0 radical (unpaired) electrons. The van der Waals surface area contributed by atoms with Gasteiger partial charge in [-0.05, 0) is 128 Å². The molecule has 0 amide bonds. The topological polar surface area (TPSA) is 123 Å². The molecule has 4 aromatic carbocycles. The van der Waals surface area contributed by atoms with Crippen molar-refractivity contribution in [1.82, 2.24) is 20.4 Å². The van der Waals surface area contributed by atoms with E-state index in [4.69, 9.17) is 47.4 Å². The van der Waals surface area contributed by atoms with Gasteiger partial charge in [0.05, 0.1) is 79.3 Å². The first-order valence-corrected chi connectivity index (χ1v) is 27.9. The number of aryl methyl sites for hydroxylation is 8. The number of nitrogens with zero attached hydrogens (tertiary/aromatic N) is 2. The second-order valence-corrected chi connectivity index (χ2v) is 20.3. The summed E-state index contributed by atoms with van der Waals surface area (Å²) in [5.41, 5.74) is 9.34. The quantitative estimate of drug-likeness (QED) is 0.0614. The molecule has 0 bridgehead atoms. The maximum Gasteiger partial charge on any atom is 0.125 e. The van der Waals surface area contributed by atoms with Crippen molar-refractivity contribution in [2.45, 2.75) is 107 Å². The lowest BCUT2D eigenvalue weighted by molar-refractivity contribution is -0.00543. The van der Waals surface area contributed by atoms with Crippen molar-refractivity contribution in [3.63, 3.8) is 0 Å². The Hall–Kier alpha value is -4.32. The molecular formula is C62H98N4O10. The fourth-order valence-electron chi connectivity index (χ4n) is 8.81. The van der Waals surface area contributed by atoms with Gasteiger partial charge in [0.15, 0.2) is 0 Å². The zero-order valence-corrected chi connectivity index (χ0v) is 48.8. The first-order chi connectivity index (χ1) is 36.7. The average molecular weight is 1060 g/mol. The fraction of sp³-hybridized carbons (Fsp3) is 0.613.